The van der Waals surface area contributed by atoms with Crippen LogP contribution in [0.3, 0.4) is 0 Å². The van der Waals surface area contributed by atoms with Gasteiger partial charge in [-0.1, -0.05) is 12.1 Å². The average molecular weight is 357 g/mol. The number of hydrogen-bond donors (Lipinski definition) is 2. The summed E-state index contributed by atoms with van der Waals surface area (Å²) in [5.41, 5.74) is 0.789. The minimum Gasteiger partial charge on any atom is -0.497 e. The molecule has 26 heavy (non-hydrogen) atoms. The van der Waals surface area contributed by atoms with E-state index in [-0.39, 0.29) is 25.4 Å². The Labute approximate surface area is 150 Å². The number of urea groups is 1. The number of carbonyl (C=O) groups is 3. The summed E-state index contributed by atoms with van der Waals surface area (Å²) in [5, 5.41) is 5.21. The molecule has 0 saturated carbocycles. The number of benzene rings is 1. The molecule has 0 spiro atoms. The molecule has 0 unspecified atom stereocenters. The van der Waals surface area contributed by atoms with Crippen LogP contribution in [0.25, 0.3) is 0 Å². The Morgan fingerprint density at radius 3 is 2.69 bits per heavy atom. The summed E-state index contributed by atoms with van der Waals surface area (Å²) in [7, 11) is 1.56. The van der Waals surface area contributed by atoms with Crippen molar-refractivity contribution in [3.8, 4) is 5.75 Å². The van der Waals surface area contributed by atoms with Gasteiger partial charge in [0.15, 0.2) is 0 Å². The summed E-state index contributed by atoms with van der Waals surface area (Å²) in [4.78, 5) is 37.6. The van der Waals surface area contributed by atoms with Crippen LogP contribution in [-0.4, -0.2) is 35.9 Å². The van der Waals surface area contributed by atoms with Crippen molar-refractivity contribution in [2.75, 3.05) is 7.11 Å². The Morgan fingerprint density at radius 2 is 2.04 bits per heavy atom. The first-order chi connectivity index (χ1) is 12.6. The van der Waals surface area contributed by atoms with Crippen molar-refractivity contribution in [1.29, 1.82) is 0 Å². The lowest BCUT2D eigenvalue weighted by atomic mass is 10.1. The van der Waals surface area contributed by atoms with Gasteiger partial charge in [-0.2, -0.15) is 0 Å². The minimum absolute atomic E-state index is 0.121. The van der Waals surface area contributed by atoms with Gasteiger partial charge in [-0.25, -0.2) is 4.79 Å². The molecule has 2 heterocycles. The second kappa shape index (κ2) is 7.73. The van der Waals surface area contributed by atoms with Crippen molar-refractivity contribution < 1.29 is 23.5 Å². The first kappa shape index (κ1) is 17.5. The minimum atomic E-state index is -0.864. The lowest BCUT2D eigenvalue weighted by molar-refractivity contribution is -0.131. The zero-order valence-corrected chi connectivity index (χ0v) is 14.2. The Balaban J connectivity index is 1.54. The number of rotatable bonds is 7. The van der Waals surface area contributed by atoms with Gasteiger partial charge in [0.25, 0.3) is 5.91 Å². The fraction of sp³-hybridized carbons (Fsp3) is 0.278. The quantitative estimate of drug-likeness (QED) is 0.730. The third-order valence-corrected chi connectivity index (χ3v) is 4.04. The van der Waals surface area contributed by atoms with Gasteiger partial charge in [-0.3, -0.25) is 14.5 Å². The normalized spacial score (nSPS) is 16.5. The van der Waals surface area contributed by atoms with E-state index in [4.69, 9.17) is 9.15 Å². The van der Waals surface area contributed by atoms with E-state index in [9.17, 15) is 14.4 Å². The molecule has 1 fully saturated rings. The second-order valence-corrected chi connectivity index (χ2v) is 5.83. The van der Waals surface area contributed by atoms with Crippen molar-refractivity contribution in [1.82, 2.24) is 15.5 Å². The summed E-state index contributed by atoms with van der Waals surface area (Å²) < 4.78 is 10.2. The number of methoxy groups -OCH3 is 1. The molecule has 0 radical (unpaired) electrons. The summed E-state index contributed by atoms with van der Waals surface area (Å²) in [6.07, 6.45) is 1.39. The second-order valence-electron chi connectivity index (χ2n) is 5.83. The van der Waals surface area contributed by atoms with E-state index >= 15 is 0 Å². The van der Waals surface area contributed by atoms with Crippen LogP contribution in [0.2, 0.25) is 0 Å². The Morgan fingerprint density at radius 1 is 1.27 bits per heavy atom. The van der Waals surface area contributed by atoms with Crippen LogP contribution in [0.15, 0.2) is 47.1 Å². The Kier molecular flexibility index (Phi) is 5.21. The highest BCUT2D eigenvalue weighted by atomic mass is 16.5. The van der Waals surface area contributed by atoms with Crippen molar-refractivity contribution in [3.05, 3.63) is 54.0 Å². The van der Waals surface area contributed by atoms with Crippen LogP contribution in [-0.2, 0) is 22.7 Å². The maximum absolute atomic E-state index is 12.4. The fourth-order valence-corrected chi connectivity index (χ4v) is 2.63. The zero-order chi connectivity index (χ0) is 18.5. The smallest absolute Gasteiger partial charge is 0.325 e. The molecule has 2 aromatic rings. The first-order valence-electron chi connectivity index (χ1n) is 8.10. The molecule has 1 atom stereocenters. The van der Waals surface area contributed by atoms with Gasteiger partial charge in [0, 0.05) is 0 Å². The number of carbonyl (C=O) groups excluding carboxylic acids is 3. The standard InChI is InChI=1S/C18H19N3O5/c1-25-13-6-4-12(5-7-13)11-21-17(23)15(20-18(21)24)9-16(22)19-10-14-3-2-8-26-14/h2-8,15H,9-11H2,1H3,(H,19,22)(H,20,24)/t15-/m0/s1. The van der Waals surface area contributed by atoms with Crippen molar-refractivity contribution in [3.63, 3.8) is 0 Å². The van der Waals surface area contributed by atoms with E-state index in [0.29, 0.717) is 11.5 Å². The highest BCUT2D eigenvalue weighted by Gasteiger charge is 2.38. The molecule has 0 aliphatic carbocycles. The van der Waals surface area contributed by atoms with Crippen LogP contribution in [0.5, 0.6) is 5.75 Å². The Bertz CT molecular complexity index is 786. The van der Waals surface area contributed by atoms with Crippen molar-refractivity contribution >= 4 is 17.8 Å². The van der Waals surface area contributed by atoms with Gasteiger partial charge < -0.3 is 19.8 Å². The number of amides is 4. The lowest BCUT2D eigenvalue weighted by Gasteiger charge is -2.13. The van der Waals surface area contributed by atoms with Crippen LogP contribution >= 0.6 is 0 Å². The number of nitrogens with one attached hydrogen (secondary N) is 2. The molecule has 8 nitrogen and oxygen atoms in total. The number of imide groups is 1. The predicted octanol–water partition coefficient (Wildman–Crippen LogP) is 1.42. The summed E-state index contributed by atoms with van der Waals surface area (Å²) in [6.45, 7) is 0.370. The Hall–Kier alpha value is -3.29. The molecule has 1 aliphatic heterocycles. The van der Waals surface area contributed by atoms with Crippen molar-refractivity contribution in [2.24, 2.45) is 0 Å². The topological polar surface area (TPSA) is 101 Å². The largest absolute Gasteiger partial charge is 0.497 e. The van der Waals surface area contributed by atoms with Gasteiger partial charge in [-0.15, -0.1) is 0 Å². The predicted molar refractivity (Wildman–Crippen MR) is 91.0 cm³/mol. The molecule has 0 bridgehead atoms. The average Bonchev–Trinajstić information content (AvgIpc) is 3.25. The van der Waals surface area contributed by atoms with E-state index in [1.54, 1.807) is 43.5 Å². The van der Waals surface area contributed by atoms with Gasteiger partial charge in [0.2, 0.25) is 5.91 Å². The molecule has 2 N–H and O–H groups in total. The van der Waals surface area contributed by atoms with E-state index in [0.717, 1.165) is 10.5 Å². The summed E-state index contributed by atoms with van der Waals surface area (Å²) in [5.74, 6) is 0.545. The molecule has 1 aliphatic rings. The molecule has 8 heteroatoms. The third kappa shape index (κ3) is 4.02. The highest BCUT2D eigenvalue weighted by Crippen LogP contribution is 2.17. The SMILES string of the molecule is COc1ccc(CN2C(=O)N[C@@H](CC(=O)NCc3ccco3)C2=O)cc1. The monoisotopic (exact) mass is 357 g/mol. The molecule has 3 rings (SSSR count). The summed E-state index contributed by atoms with van der Waals surface area (Å²) >= 11 is 0. The van der Waals surface area contributed by atoms with Gasteiger partial charge >= 0.3 is 6.03 Å². The third-order valence-electron chi connectivity index (χ3n) is 4.04. The van der Waals surface area contributed by atoms with E-state index in [1.807, 2.05) is 0 Å². The lowest BCUT2D eigenvalue weighted by Crippen LogP contribution is -2.36. The van der Waals surface area contributed by atoms with Crippen LogP contribution in [0.4, 0.5) is 4.79 Å². The molecule has 136 valence electrons. The summed E-state index contributed by atoms with van der Waals surface area (Å²) in [6, 6.07) is 9.16. The van der Waals surface area contributed by atoms with Crippen molar-refractivity contribution in [2.45, 2.75) is 25.6 Å². The number of furan rings is 1. The van der Waals surface area contributed by atoms with E-state index < -0.39 is 18.0 Å². The number of hydrogen-bond acceptors (Lipinski definition) is 5. The highest BCUT2D eigenvalue weighted by molar-refractivity contribution is 6.05. The molecule has 1 aromatic heterocycles. The molecular weight excluding hydrogens is 338 g/mol. The van der Waals surface area contributed by atoms with Gasteiger partial charge in [0.1, 0.15) is 17.6 Å². The fourth-order valence-electron chi connectivity index (χ4n) is 2.63. The molecular formula is C18H19N3O5. The number of ether oxygens (including phenoxy) is 1. The van der Waals surface area contributed by atoms with Crippen LogP contribution < -0.4 is 15.4 Å². The molecule has 4 amide bonds. The molecule has 1 aromatic carbocycles. The first-order valence-corrected chi connectivity index (χ1v) is 8.10. The zero-order valence-electron chi connectivity index (χ0n) is 14.2. The van der Waals surface area contributed by atoms with Gasteiger partial charge in [0.05, 0.1) is 32.9 Å². The number of nitrogens with zero attached hydrogens (tertiary/aromatic N) is 1. The maximum atomic E-state index is 12.4. The van der Waals surface area contributed by atoms with Gasteiger partial charge in [-0.05, 0) is 29.8 Å². The maximum Gasteiger partial charge on any atom is 0.325 e. The van der Waals surface area contributed by atoms with E-state index in [1.165, 1.54) is 6.26 Å². The van der Waals surface area contributed by atoms with Crippen LogP contribution in [0.1, 0.15) is 17.7 Å². The van der Waals surface area contributed by atoms with E-state index in [2.05, 4.69) is 10.6 Å². The van der Waals surface area contributed by atoms with Crippen LogP contribution in [0, 0.1) is 0 Å². The molecule has 1 saturated heterocycles.